The van der Waals surface area contributed by atoms with Gasteiger partial charge in [-0.3, -0.25) is 19.3 Å². The summed E-state index contributed by atoms with van der Waals surface area (Å²) < 4.78 is 0. The van der Waals surface area contributed by atoms with Gasteiger partial charge in [-0.05, 0) is 69.5 Å². The number of piperidine rings is 1. The van der Waals surface area contributed by atoms with Crippen molar-refractivity contribution in [2.24, 2.45) is 0 Å². The van der Waals surface area contributed by atoms with Gasteiger partial charge in [-0.1, -0.05) is 12.1 Å². The Bertz CT molecular complexity index is 1280. The molecule has 1 fully saturated rings. The number of carbonyl (C=O) groups excluding carboxylic acids is 3. The fraction of sp³-hybridized carbons (Fsp3) is 0.296. The summed E-state index contributed by atoms with van der Waals surface area (Å²) in [5, 5.41) is 6.02. The summed E-state index contributed by atoms with van der Waals surface area (Å²) in [6, 6.07) is 14.8. The summed E-state index contributed by atoms with van der Waals surface area (Å²) in [6.45, 7) is 5.50. The van der Waals surface area contributed by atoms with Crippen LogP contribution in [0.3, 0.4) is 0 Å². The number of fused-ring (bicyclic) bond motifs is 1. The Hall–Kier alpha value is -4.27. The van der Waals surface area contributed by atoms with E-state index in [-0.39, 0.29) is 0 Å². The molecule has 3 heterocycles. The molecule has 0 bridgehead atoms. The molecular weight excluding hydrogens is 456 g/mol. The van der Waals surface area contributed by atoms with Gasteiger partial charge in [-0.2, -0.15) is 4.98 Å². The van der Waals surface area contributed by atoms with Crippen molar-refractivity contribution in [3.8, 4) is 0 Å². The molecule has 3 amide bonds. The van der Waals surface area contributed by atoms with Crippen molar-refractivity contribution in [3.05, 3.63) is 71.4 Å². The topological polar surface area (TPSA) is 108 Å². The number of benzene rings is 2. The first-order valence-electron chi connectivity index (χ1n) is 12.2. The lowest BCUT2D eigenvalue weighted by Gasteiger charge is -2.28. The molecule has 184 valence electrons. The van der Waals surface area contributed by atoms with E-state index in [0.29, 0.717) is 22.8 Å². The van der Waals surface area contributed by atoms with Crippen LogP contribution in [-0.2, 0) is 4.79 Å². The van der Waals surface area contributed by atoms with Gasteiger partial charge in [0.25, 0.3) is 11.8 Å². The van der Waals surface area contributed by atoms with Gasteiger partial charge in [0, 0.05) is 36.2 Å². The maximum absolute atomic E-state index is 12.8. The molecule has 2 aliphatic heterocycles. The zero-order valence-corrected chi connectivity index (χ0v) is 20.3. The second-order valence-electron chi connectivity index (χ2n) is 9.13. The van der Waals surface area contributed by atoms with E-state index in [4.69, 9.17) is 0 Å². The van der Waals surface area contributed by atoms with Gasteiger partial charge < -0.3 is 15.5 Å². The minimum absolute atomic E-state index is 0.319. The number of rotatable bonds is 6. The van der Waals surface area contributed by atoms with E-state index in [0.717, 1.165) is 35.2 Å². The van der Waals surface area contributed by atoms with Crippen LogP contribution in [-0.4, -0.2) is 51.7 Å². The second-order valence-corrected chi connectivity index (χ2v) is 9.13. The SMILES string of the molecule is Cc1cc(N2CCCCC2)nc(Nc2ccc(NC(=O)[C@H](C)N3C(=O)c4ccccc4C3=O)cc2)n1. The molecule has 9 nitrogen and oxygen atoms in total. The van der Waals surface area contributed by atoms with Crippen molar-refractivity contribution in [3.63, 3.8) is 0 Å². The van der Waals surface area contributed by atoms with Gasteiger partial charge in [-0.25, -0.2) is 4.98 Å². The highest BCUT2D eigenvalue weighted by Crippen LogP contribution is 2.26. The number of aryl methyl sites for hydroxylation is 1. The largest absolute Gasteiger partial charge is 0.356 e. The molecule has 1 saturated heterocycles. The molecule has 0 radical (unpaired) electrons. The smallest absolute Gasteiger partial charge is 0.262 e. The van der Waals surface area contributed by atoms with Crippen LogP contribution in [0.4, 0.5) is 23.1 Å². The number of hydrogen-bond acceptors (Lipinski definition) is 7. The quantitative estimate of drug-likeness (QED) is 0.506. The van der Waals surface area contributed by atoms with Crippen LogP contribution < -0.4 is 15.5 Å². The molecule has 1 atom stereocenters. The number of anilines is 4. The molecule has 1 aromatic heterocycles. The summed E-state index contributed by atoms with van der Waals surface area (Å²) in [7, 11) is 0. The van der Waals surface area contributed by atoms with Gasteiger partial charge in [-0.15, -0.1) is 0 Å². The van der Waals surface area contributed by atoms with Crippen molar-refractivity contribution < 1.29 is 14.4 Å². The van der Waals surface area contributed by atoms with E-state index in [9.17, 15) is 14.4 Å². The summed E-state index contributed by atoms with van der Waals surface area (Å²) in [5.74, 6) is 0.0838. The third-order valence-corrected chi connectivity index (χ3v) is 6.52. The Morgan fingerprint density at radius 1 is 0.889 bits per heavy atom. The lowest BCUT2D eigenvalue weighted by Crippen LogP contribution is -2.45. The second kappa shape index (κ2) is 9.77. The number of amides is 3. The van der Waals surface area contributed by atoms with Crippen LogP contribution in [0.5, 0.6) is 0 Å². The van der Waals surface area contributed by atoms with E-state index < -0.39 is 23.8 Å². The molecule has 3 aromatic rings. The standard InChI is InChI=1S/C27H28N6O3/c1-17-16-23(32-14-6-3-7-15-32)31-27(28-17)30-20-12-10-19(11-13-20)29-24(34)18(2)33-25(35)21-8-4-5-9-22(21)26(33)36/h4-5,8-13,16,18H,3,6-7,14-15H2,1-2H3,(H,29,34)(H,28,30,31)/t18-/m0/s1. The van der Waals surface area contributed by atoms with Gasteiger partial charge in [0.05, 0.1) is 11.1 Å². The Balaban J connectivity index is 1.23. The van der Waals surface area contributed by atoms with Crippen molar-refractivity contribution in [1.29, 1.82) is 0 Å². The van der Waals surface area contributed by atoms with Crippen LogP contribution in [0.1, 0.15) is 52.6 Å². The Morgan fingerprint density at radius 3 is 2.14 bits per heavy atom. The first-order chi connectivity index (χ1) is 17.4. The minimum atomic E-state index is -0.955. The zero-order valence-electron chi connectivity index (χ0n) is 20.3. The molecule has 2 aromatic carbocycles. The van der Waals surface area contributed by atoms with Crippen LogP contribution in [0, 0.1) is 6.92 Å². The molecule has 2 N–H and O–H groups in total. The average molecular weight is 485 g/mol. The highest BCUT2D eigenvalue weighted by molar-refractivity contribution is 6.23. The predicted octanol–water partition coefficient (Wildman–Crippen LogP) is 4.14. The zero-order chi connectivity index (χ0) is 25.2. The summed E-state index contributed by atoms with van der Waals surface area (Å²) >= 11 is 0. The van der Waals surface area contributed by atoms with Crippen LogP contribution in [0.2, 0.25) is 0 Å². The number of hydrogen-bond donors (Lipinski definition) is 2. The van der Waals surface area contributed by atoms with Crippen LogP contribution in [0.25, 0.3) is 0 Å². The first-order valence-corrected chi connectivity index (χ1v) is 12.2. The van der Waals surface area contributed by atoms with E-state index >= 15 is 0 Å². The molecule has 0 aliphatic carbocycles. The van der Waals surface area contributed by atoms with Crippen molar-refractivity contribution in [1.82, 2.24) is 14.9 Å². The predicted molar refractivity (Wildman–Crippen MR) is 138 cm³/mol. The lowest BCUT2D eigenvalue weighted by atomic mass is 10.1. The maximum atomic E-state index is 12.8. The fourth-order valence-corrected chi connectivity index (χ4v) is 4.58. The van der Waals surface area contributed by atoms with Crippen LogP contribution >= 0.6 is 0 Å². The van der Waals surface area contributed by atoms with Gasteiger partial charge in [0.1, 0.15) is 11.9 Å². The van der Waals surface area contributed by atoms with E-state index in [2.05, 4.69) is 25.5 Å². The third-order valence-electron chi connectivity index (χ3n) is 6.52. The minimum Gasteiger partial charge on any atom is -0.356 e. The monoisotopic (exact) mass is 484 g/mol. The number of nitrogens with one attached hydrogen (secondary N) is 2. The summed E-state index contributed by atoms with van der Waals surface area (Å²) in [5.41, 5.74) is 2.85. The Morgan fingerprint density at radius 2 is 1.50 bits per heavy atom. The average Bonchev–Trinajstić information content (AvgIpc) is 3.14. The van der Waals surface area contributed by atoms with Crippen molar-refractivity contribution in [2.75, 3.05) is 28.6 Å². The molecular formula is C27H28N6O3. The summed E-state index contributed by atoms with van der Waals surface area (Å²) in [4.78, 5) is 50.7. The number of aromatic nitrogens is 2. The van der Waals surface area contributed by atoms with E-state index in [1.165, 1.54) is 19.3 Å². The van der Waals surface area contributed by atoms with Crippen molar-refractivity contribution in [2.45, 2.75) is 39.2 Å². The molecule has 0 saturated carbocycles. The van der Waals surface area contributed by atoms with Crippen molar-refractivity contribution >= 4 is 40.9 Å². The van der Waals surface area contributed by atoms with E-state index in [1.54, 1.807) is 43.3 Å². The van der Waals surface area contributed by atoms with E-state index in [1.807, 2.05) is 25.1 Å². The Kier molecular flexibility index (Phi) is 6.37. The molecule has 5 rings (SSSR count). The Labute approximate surface area is 209 Å². The summed E-state index contributed by atoms with van der Waals surface area (Å²) in [6.07, 6.45) is 3.60. The number of carbonyl (C=O) groups is 3. The lowest BCUT2D eigenvalue weighted by molar-refractivity contribution is -0.119. The highest BCUT2D eigenvalue weighted by atomic mass is 16.2. The molecule has 0 spiro atoms. The maximum Gasteiger partial charge on any atom is 0.262 e. The van der Waals surface area contributed by atoms with Gasteiger partial charge >= 0.3 is 0 Å². The normalized spacial score (nSPS) is 16.1. The highest BCUT2D eigenvalue weighted by Gasteiger charge is 2.40. The molecule has 9 heteroatoms. The fourth-order valence-electron chi connectivity index (χ4n) is 4.58. The molecule has 0 unspecified atom stereocenters. The first kappa shape index (κ1) is 23.5. The number of nitrogens with zero attached hydrogens (tertiary/aromatic N) is 4. The molecule has 36 heavy (non-hydrogen) atoms. The van der Waals surface area contributed by atoms with Crippen LogP contribution in [0.15, 0.2) is 54.6 Å². The van der Waals surface area contributed by atoms with Gasteiger partial charge in [0.2, 0.25) is 11.9 Å². The third kappa shape index (κ3) is 4.64. The van der Waals surface area contributed by atoms with Gasteiger partial charge in [0.15, 0.2) is 0 Å². The molecule has 2 aliphatic rings. The number of imide groups is 1.